The molecular weight excluding hydrogens is 250 g/mol. The zero-order valence-electron chi connectivity index (χ0n) is 12.8. The molecule has 1 heterocycles. The Labute approximate surface area is 121 Å². The third-order valence-corrected chi connectivity index (χ3v) is 4.24. The Morgan fingerprint density at radius 1 is 1.45 bits per heavy atom. The zero-order chi connectivity index (χ0) is 14.6. The number of ether oxygens (including phenoxy) is 1. The van der Waals surface area contributed by atoms with Gasteiger partial charge in [0.2, 0.25) is 0 Å². The van der Waals surface area contributed by atoms with E-state index < -0.39 is 0 Å². The first-order valence-electron chi connectivity index (χ1n) is 7.51. The van der Waals surface area contributed by atoms with E-state index >= 15 is 0 Å². The molecule has 0 bridgehead atoms. The van der Waals surface area contributed by atoms with Gasteiger partial charge in [-0.25, -0.2) is 0 Å². The largest absolute Gasteiger partial charge is 0.497 e. The van der Waals surface area contributed by atoms with Crippen LogP contribution in [0.3, 0.4) is 0 Å². The molecule has 0 spiro atoms. The highest BCUT2D eigenvalue weighted by molar-refractivity contribution is 5.94. The molecule has 0 saturated carbocycles. The van der Waals surface area contributed by atoms with Crippen molar-refractivity contribution in [3.63, 3.8) is 0 Å². The molecule has 0 aliphatic carbocycles. The number of hydrogen-bond donors (Lipinski definition) is 0. The summed E-state index contributed by atoms with van der Waals surface area (Å²) in [7, 11) is 1.63. The number of amides is 1. The average Bonchev–Trinajstić information content (AvgIpc) is 2.46. The average molecular weight is 275 g/mol. The fraction of sp³-hybridized carbons (Fsp3) is 0.588. The van der Waals surface area contributed by atoms with Crippen LogP contribution in [0.25, 0.3) is 0 Å². The van der Waals surface area contributed by atoms with E-state index in [-0.39, 0.29) is 11.3 Å². The lowest BCUT2D eigenvalue weighted by Crippen LogP contribution is -2.44. The van der Waals surface area contributed by atoms with E-state index in [4.69, 9.17) is 4.74 Å². The van der Waals surface area contributed by atoms with Gasteiger partial charge < -0.3 is 9.64 Å². The van der Waals surface area contributed by atoms with Crippen LogP contribution in [0.5, 0.6) is 5.75 Å². The summed E-state index contributed by atoms with van der Waals surface area (Å²) >= 11 is 0. The van der Waals surface area contributed by atoms with Gasteiger partial charge >= 0.3 is 0 Å². The van der Waals surface area contributed by atoms with E-state index in [1.807, 2.05) is 29.2 Å². The Balaban J connectivity index is 2.12. The minimum absolute atomic E-state index is 0.130. The van der Waals surface area contributed by atoms with E-state index in [0.29, 0.717) is 0 Å². The van der Waals surface area contributed by atoms with Crippen molar-refractivity contribution >= 4 is 5.91 Å². The Kier molecular flexibility index (Phi) is 4.69. The quantitative estimate of drug-likeness (QED) is 0.837. The van der Waals surface area contributed by atoms with Crippen molar-refractivity contribution in [3.8, 4) is 5.75 Å². The lowest BCUT2D eigenvalue weighted by molar-refractivity contribution is 0.0530. The van der Waals surface area contributed by atoms with Gasteiger partial charge in [0, 0.05) is 18.7 Å². The fourth-order valence-corrected chi connectivity index (χ4v) is 3.24. The molecule has 1 amide bonds. The van der Waals surface area contributed by atoms with Crippen LogP contribution in [0, 0.1) is 5.41 Å². The molecule has 20 heavy (non-hydrogen) atoms. The summed E-state index contributed by atoms with van der Waals surface area (Å²) in [6.45, 7) is 6.27. The molecule has 1 aliphatic rings. The molecule has 1 aromatic carbocycles. The Hall–Kier alpha value is -1.51. The lowest BCUT2D eigenvalue weighted by atomic mass is 9.78. The van der Waals surface area contributed by atoms with Crippen LogP contribution in [-0.2, 0) is 0 Å². The fourth-order valence-electron chi connectivity index (χ4n) is 3.24. The number of methoxy groups -OCH3 is 1. The molecule has 1 aromatic rings. The van der Waals surface area contributed by atoms with Gasteiger partial charge in [-0.15, -0.1) is 0 Å². The molecular formula is C17H25NO2. The predicted octanol–water partition coefficient (Wildman–Crippen LogP) is 3.74. The van der Waals surface area contributed by atoms with E-state index in [2.05, 4.69) is 13.8 Å². The van der Waals surface area contributed by atoms with Gasteiger partial charge in [0.05, 0.1) is 7.11 Å². The van der Waals surface area contributed by atoms with Gasteiger partial charge in [-0.05, 0) is 42.9 Å². The second kappa shape index (κ2) is 6.29. The van der Waals surface area contributed by atoms with Gasteiger partial charge in [-0.2, -0.15) is 0 Å². The molecule has 1 fully saturated rings. The smallest absolute Gasteiger partial charge is 0.254 e. The highest BCUT2D eigenvalue weighted by atomic mass is 16.5. The van der Waals surface area contributed by atoms with Crippen LogP contribution in [0.1, 0.15) is 49.9 Å². The summed E-state index contributed by atoms with van der Waals surface area (Å²) in [6.07, 6.45) is 4.70. The Morgan fingerprint density at radius 2 is 2.25 bits per heavy atom. The molecule has 0 radical (unpaired) electrons. The van der Waals surface area contributed by atoms with Crippen molar-refractivity contribution in [2.75, 3.05) is 20.2 Å². The molecule has 3 heteroatoms. The zero-order valence-corrected chi connectivity index (χ0v) is 12.8. The summed E-state index contributed by atoms with van der Waals surface area (Å²) in [5.74, 6) is 0.870. The summed E-state index contributed by atoms with van der Waals surface area (Å²) < 4.78 is 5.20. The second-order valence-electron chi connectivity index (χ2n) is 6.12. The van der Waals surface area contributed by atoms with Crippen molar-refractivity contribution in [2.45, 2.75) is 39.5 Å². The number of hydrogen-bond acceptors (Lipinski definition) is 2. The minimum Gasteiger partial charge on any atom is -0.497 e. The first kappa shape index (κ1) is 14.9. The minimum atomic E-state index is 0.130. The van der Waals surface area contributed by atoms with Crippen molar-refractivity contribution in [1.82, 2.24) is 4.90 Å². The van der Waals surface area contributed by atoms with Crippen LogP contribution in [-0.4, -0.2) is 31.0 Å². The molecule has 3 nitrogen and oxygen atoms in total. The maximum Gasteiger partial charge on any atom is 0.254 e. The molecule has 1 aliphatic heterocycles. The summed E-state index contributed by atoms with van der Waals surface area (Å²) in [5, 5.41) is 0. The van der Waals surface area contributed by atoms with E-state index in [9.17, 15) is 4.79 Å². The van der Waals surface area contributed by atoms with Crippen molar-refractivity contribution < 1.29 is 9.53 Å². The number of carbonyl (C=O) groups is 1. The number of piperidine rings is 1. The SMILES string of the molecule is CCC[C@]1(C)CCCN(C(=O)c2cccc(OC)c2)C1. The molecule has 0 N–H and O–H groups in total. The number of nitrogens with zero attached hydrogens (tertiary/aromatic N) is 1. The predicted molar refractivity (Wildman–Crippen MR) is 81.1 cm³/mol. The number of benzene rings is 1. The van der Waals surface area contributed by atoms with Crippen molar-refractivity contribution in [3.05, 3.63) is 29.8 Å². The van der Waals surface area contributed by atoms with Crippen LogP contribution in [0.4, 0.5) is 0 Å². The van der Waals surface area contributed by atoms with Crippen LogP contribution in [0.15, 0.2) is 24.3 Å². The third kappa shape index (κ3) is 3.33. The van der Waals surface area contributed by atoms with E-state index in [1.165, 1.54) is 19.3 Å². The van der Waals surface area contributed by atoms with E-state index in [0.717, 1.165) is 30.8 Å². The maximum atomic E-state index is 12.6. The van der Waals surface area contributed by atoms with Gasteiger partial charge in [-0.1, -0.05) is 26.3 Å². The van der Waals surface area contributed by atoms with Crippen LogP contribution < -0.4 is 4.74 Å². The first-order chi connectivity index (χ1) is 9.58. The van der Waals surface area contributed by atoms with Crippen LogP contribution >= 0.6 is 0 Å². The van der Waals surface area contributed by atoms with Gasteiger partial charge in [0.25, 0.3) is 5.91 Å². The van der Waals surface area contributed by atoms with Crippen molar-refractivity contribution in [2.24, 2.45) is 5.41 Å². The number of likely N-dealkylation sites (tertiary alicyclic amines) is 1. The summed E-state index contributed by atoms with van der Waals surface area (Å²) in [6, 6.07) is 7.44. The molecule has 0 unspecified atom stereocenters. The Morgan fingerprint density at radius 3 is 2.95 bits per heavy atom. The monoisotopic (exact) mass is 275 g/mol. The first-order valence-corrected chi connectivity index (χ1v) is 7.51. The topological polar surface area (TPSA) is 29.5 Å². The molecule has 0 aromatic heterocycles. The number of rotatable bonds is 4. The van der Waals surface area contributed by atoms with Gasteiger partial charge in [0.15, 0.2) is 0 Å². The molecule has 2 rings (SSSR count). The molecule has 1 atom stereocenters. The standard InChI is InChI=1S/C17H25NO2/c1-4-9-17(2)10-6-11-18(13-17)16(19)14-7-5-8-15(12-14)20-3/h5,7-8,12H,4,6,9-11,13H2,1-3H3/t17-/m1/s1. The van der Waals surface area contributed by atoms with E-state index in [1.54, 1.807) is 7.11 Å². The lowest BCUT2D eigenvalue weighted by Gasteiger charge is -2.40. The highest BCUT2D eigenvalue weighted by Gasteiger charge is 2.32. The highest BCUT2D eigenvalue weighted by Crippen LogP contribution is 2.34. The summed E-state index contributed by atoms with van der Waals surface area (Å²) in [5.41, 5.74) is 1.01. The molecule has 110 valence electrons. The van der Waals surface area contributed by atoms with Gasteiger partial charge in [-0.3, -0.25) is 4.79 Å². The van der Waals surface area contributed by atoms with Crippen molar-refractivity contribution in [1.29, 1.82) is 0 Å². The number of carbonyl (C=O) groups excluding carboxylic acids is 1. The normalized spacial score (nSPS) is 22.6. The second-order valence-corrected chi connectivity index (χ2v) is 6.12. The van der Waals surface area contributed by atoms with Gasteiger partial charge in [0.1, 0.15) is 5.75 Å². The van der Waals surface area contributed by atoms with Crippen LogP contribution in [0.2, 0.25) is 0 Å². The summed E-state index contributed by atoms with van der Waals surface area (Å²) in [4.78, 5) is 14.6. The Bertz CT molecular complexity index is 468. The maximum absolute atomic E-state index is 12.6. The molecule has 1 saturated heterocycles. The third-order valence-electron chi connectivity index (χ3n) is 4.24.